The molecule has 3 aromatic carbocycles. The molecule has 5 rings (SSSR count). The molecule has 5 heteroatoms. The molecular weight excluding hydrogens is 360 g/mol. The Morgan fingerprint density at radius 1 is 0.793 bits per heavy atom. The van der Waals surface area contributed by atoms with Crippen LogP contribution in [-0.2, 0) is 16.8 Å². The zero-order chi connectivity index (χ0) is 19.5. The molecule has 1 unspecified atom stereocenters. The van der Waals surface area contributed by atoms with Gasteiger partial charge in [-0.25, -0.2) is 9.98 Å². The number of hydrogen-bond acceptors (Lipinski definition) is 4. The fraction of sp³-hybridized carbons (Fsp3) is 0.125. The topological polar surface area (TPSA) is 52.3 Å². The first-order chi connectivity index (χ1) is 14.3. The van der Waals surface area contributed by atoms with E-state index in [0.717, 1.165) is 11.1 Å². The first-order valence-electron chi connectivity index (χ1n) is 9.59. The number of aliphatic imine (C=N–C) groups is 1. The van der Waals surface area contributed by atoms with Crippen molar-refractivity contribution < 1.29 is 4.74 Å². The van der Waals surface area contributed by atoms with Crippen LogP contribution in [0.5, 0.6) is 0 Å². The van der Waals surface area contributed by atoms with Gasteiger partial charge in [-0.05, 0) is 28.8 Å². The van der Waals surface area contributed by atoms with E-state index >= 15 is 0 Å². The van der Waals surface area contributed by atoms with E-state index in [4.69, 9.17) is 9.73 Å². The van der Waals surface area contributed by atoms with Crippen molar-refractivity contribution >= 4 is 5.90 Å². The molecule has 0 amide bonds. The highest BCUT2D eigenvalue weighted by molar-refractivity contribution is 5.96. The molecule has 142 valence electrons. The summed E-state index contributed by atoms with van der Waals surface area (Å²) in [5, 5.41) is 4.27. The minimum atomic E-state index is -0.525. The van der Waals surface area contributed by atoms with Gasteiger partial charge in [-0.1, -0.05) is 72.8 Å². The molecule has 2 heterocycles. The number of benzene rings is 3. The zero-order valence-electron chi connectivity index (χ0n) is 15.8. The summed E-state index contributed by atoms with van der Waals surface area (Å²) in [7, 11) is 0. The van der Waals surface area contributed by atoms with Crippen LogP contribution in [0.3, 0.4) is 0 Å². The van der Waals surface area contributed by atoms with E-state index in [0.29, 0.717) is 19.0 Å². The largest absolute Gasteiger partial charge is 0.474 e. The van der Waals surface area contributed by atoms with E-state index < -0.39 is 5.54 Å². The summed E-state index contributed by atoms with van der Waals surface area (Å²) in [6, 6.07) is 28.9. The summed E-state index contributed by atoms with van der Waals surface area (Å²) >= 11 is 0. The molecule has 0 aliphatic carbocycles. The maximum atomic E-state index is 6.09. The van der Waals surface area contributed by atoms with Crippen LogP contribution in [0.1, 0.15) is 11.1 Å². The van der Waals surface area contributed by atoms with Crippen molar-refractivity contribution in [1.29, 1.82) is 0 Å². The van der Waals surface area contributed by atoms with Crippen molar-refractivity contribution in [2.45, 2.75) is 12.1 Å². The van der Waals surface area contributed by atoms with E-state index in [-0.39, 0.29) is 0 Å². The Morgan fingerprint density at radius 2 is 1.45 bits per heavy atom. The second-order valence-electron chi connectivity index (χ2n) is 7.14. The average Bonchev–Trinajstić information content (AvgIpc) is 3.46. The summed E-state index contributed by atoms with van der Waals surface area (Å²) in [4.78, 5) is 9.11. The van der Waals surface area contributed by atoms with Crippen LogP contribution in [0.15, 0.2) is 103 Å². The van der Waals surface area contributed by atoms with Gasteiger partial charge in [0.15, 0.2) is 0 Å². The molecule has 5 nitrogen and oxygen atoms in total. The van der Waals surface area contributed by atoms with E-state index in [2.05, 4.69) is 58.6 Å². The quantitative estimate of drug-likeness (QED) is 0.518. The number of aromatic nitrogens is 3. The Hall–Kier alpha value is -3.73. The smallest absolute Gasteiger partial charge is 0.217 e. The van der Waals surface area contributed by atoms with Crippen molar-refractivity contribution in [3.8, 4) is 11.1 Å². The molecule has 1 atom stereocenters. The molecule has 0 bridgehead atoms. The number of ether oxygens (including phenoxy) is 1. The molecule has 1 aliphatic heterocycles. The van der Waals surface area contributed by atoms with E-state index in [1.165, 1.54) is 11.1 Å². The molecule has 0 saturated heterocycles. The SMILES string of the molecule is c1ccc(-c2ccc(C3=NC(Cn4cncn4)(c4ccccc4)CO3)cc2)cc1. The standard InChI is InChI=1S/C24H20N4O/c1-3-7-19(8-4-1)20-11-13-21(14-12-20)23-27-24(16-29-23,15-28-18-25-17-26-28)22-9-5-2-6-10-22/h1-14,17-18H,15-16H2. The maximum absolute atomic E-state index is 6.09. The predicted octanol–water partition coefficient (Wildman–Crippen LogP) is 4.32. The minimum Gasteiger partial charge on any atom is -0.474 e. The number of hydrogen-bond donors (Lipinski definition) is 0. The molecule has 0 saturated carbocycles. The van der Waals surface area contributed by atoms with Crippen LogP contribution < -0.4 is 0 Å². The van der Waals surface area contributed by atoms with Crippen molar-refractivity contribution in [3.63, 3.8) is 0 Å². The lowest BCUT2D eigenvalue weighted by atomic mass is 9.91. The molecular formula is C24H20N4O. The van der Waals surface area contributed by atoms with Gasteiger partial charge in [-0.15, -0.1) is 0 Å². The van der Waals surface area contributed by atoms with E-state index in [1.54, 1.807) is 17.3 Å². The molecule has 4 aromatic rings. The van der Waals surface area contributed by atoms with Gasteiger partial charge in [0.2, 0.25) is 5.90 Å². The molecule has 1 aliphatic rings. The third kappa shape index (κ3) is 3.43. The molecule has 0 spiro atoms. The highest BCUT2D eigenvalue weighted by Gasteiger charge is 2.39. The van der Waals surface area contributed by atoms with Crippen molar-refractivity contribution in [2.24, 2.45) is 4.99 Å². The normalized spacial score (nSPS) is 18.3. The van der Waals surface area contributed by atoms with Gasteiger partial charge in [0.25, 0.3) is 0 Å². The molecule has 0 fully saturated rings. The highest BCUT2D eigenvalue weighted by atomic mass is 16.5. The van der Waals surface area contributed by atoms with Crippen LogP contribution in [-0.4, -0.2) is 27.3 Å². The van der Waals surface area contributed by atoms with Gasteiger partial charge in [0.1, 0.15) is 24.8 Å². The van der Waals surface area contributed by atoms with E-state index in [9.17, 15) is 0 Å². The van der Waals surface area contributed by atoms with Crippen LogP contribution in [0, 0.1) is 0 Å². The van der Waals surface area contributed by atoms with Gasteiger partial charge in [0.05, 0.1) is 6.54 Å². The first-order valence-corrected chi connectivity index (χ1v) is 9.59. The first kappa shape index (κ1) is 17.4. The lowest BCUT2D eigenvalue weighted by molar-refractivity contribution is 0.230. The summed E-state index contributed by atoms with van der Waals surface area (Å²) in [5.74, 6) is 0.661. The Labute approximate surface area is 169 Å². The van der Waals surface area contributed by atoms with Crippen molar-refractivity contribution in [3.05, 3.63) is 109 Å². The van der Waals surface area contributed by atoms with Crippen molar-refractivity contribution in [2.75, 3.05) is 6.61 Å². The Morgan fingerprint density at radius 3 is 2.14 bits per heavy atom. The van der Waals surface area contributed by atoms with Gasteiger partial charge in [0, 0.05) is 5.56 Å². The fourth-order valence-electron chi connectivity index (χ4n) is 3.68. The van der Waals surface area contributed by atoms with Crippen LogP contribution in [0.25, 0.3) is 11.1 Å². The molecule has 1 aromatic heterocycles. The summed E-state index contributed by atoms with van der Waals surface area (Å²) in [5.41, 5.74) is 3.91. The summed E-state index contributed by atoms with van der Waals surface area (Å²) in [6.07, 6.45) is 3.26. The summed E-state index contributed by atoms with van der Waals surface area (Å²) < 4.78 is 7.90. The van der Waals surface area contributed by atoms with Gasteiger partial charge < -0.3 is 4.74 Å². The third-order valence-electron chi connectivity index (χ3n) is 5.20. The Bertz CT molecular complexity index is 1110. The van der Waals surface area contributed by atoms with Crippen molar-refractivity contribution in [1.82, 2.24) is 14.8 Å². The lowest BCUT2D eigenvalue weighted by Gasteiger charge is -2.24. The Kier molecular flexibility index (Phi) is 4.41. The van der Waals surface area contributed by atoms with Crippen LogP contribution in [0.2, 0.25) is 0 Å². The lowest BCUT2D eigenvalue weighted by Crippen LogP contribution is -2.31. The molecule has 0 N–H and O–H groups in total. The monoisotopic (exact) mass is 380 g/mol. The molecule has 0 radical (unpaired) electrons. The average molecular weight is 380 g/mol. The zero-order valence-corrected chi connectivity index (χ0v) is 15.8. The third-order valence-corrected chi connectivity index (χ3v) is 5.20. The molecule has 29 heavy (non-hydrogen) atoms. The number of rotatable bonds is 5. The minimum absolute atomic E-state index is 0.465. The fourth-order valence-corrected chi connectivity index (χ4v) is 3.68. The van der Waals surface area contributed by atoms with Gasteiger partial charge in [-0.2, -0.15) is 5.10 Å². The second-order valence-corrected chi connectivity index (χ2v) is 7.14. The maximum Gasteiger partial charge on any atom is 0.217 e. The van der Waals surface area contributed by atoms with Crippen LogP contribution >= 0.6 is 0 Å². The predicted molar refractivity (Wildman–Crippen MR) is 113 cm³/mol. The Balaban J connectivity index is 1.49. The van der Waals surface area contributed by atoms with Crippen LogP contribution in [0.4, 0.5) is 0 Å². The van der Waals surface area contributed by atoms with Gasteiger partial charge in [-0.3, -0.25) is 4.68 Å². The van der Waals surface area contributed by atoms with E-state index in [1.807, 2.05) is 36.4 Å². The highest BCUT2D eigenvalue weighted by Crippen LogP contribution is 2.34. The second kappa shape index (κ2) is 7.36. The summed E-state index contributed by atoms with van der Waals surface area (Å²) in [6.45, 7) is 1.04. The number of nitrogens with zero attached hydrogens (tertiary/aromatic N) is 4. The van der Waals surface area contributed by atoms with Gasteiger partial charge >= 0.3 is 0 Å².